The smallest absolute Gasteiger partial charge is 0.201 e. The highest BCUT2D eigenvalue weighted by atomic mass is 19.2. The number of hydrogen-bond acceptors (Lipinski definition) is 1. The topological polar surface area (TPSA) is 9.23 Å². The lowest BCUT2D eigenvalue weighted by Crippen LogP contribution is -2.05. The molecule has 0 spiro atoms. The first-order chi connectivity index (χ1) is 17.6. The summed E-state index contributed by atoms with van der Waals surface area (Å²) in [5, 5.41) is 0. The molecule has 0 amide bonds. The zero-order chi connectivity index (χ0) is 25.3. The molecular weight excluding hydrogens is 450 g/mol. The van der Waals surface area contributed by atoms with Crippen molar-refractivity contribution < 1.29 is 13.5 Å². The molecule has 3 aromatic rings. The van der Waals surface area contributed by atoms with Crippen molar-refractivity contribution in [2.24, 2.45) is 5.92 Å². The standard InChI is InChI=1S/C33H36F2O/c1-3-7-24-10-16-27(17-11-24)28-18-12-25(13-19-28)8-5-6-9-26-14-20-29(21-15-26)30-22-23-31(36-4-2)33(35)32(30)34/h6,9-13,16-20,22-23,26H,3-5,7-8,14-15,21H2,1-2H3/b9-6+. The molecule has 0 heterocycles. The molecule has 0 aromatic heterocycles. The molecule has 0 aliphatic heterocycles. The Hall–Kier alpha value is -3.20. The summed E-state index contributed by atoms with van der Waals surface area (Å²) in [6.45, 7) is 4.28. The Balaban J connectivity index is 1.27. The average Bonchev–Trinajstić information content (AvgIpc) is 2.91. The van der Waals surface area contributed by atoms with Crippen LogP contribution < -0.4 is 4.74 Å². The summed E-state index contributed by atoms with van der Waals surface area (Å²) < 4.78 is 33.9. The number of rotatable bonds is 10. The van der Waals surface area contributed by atoms with Crippen LogP contribution in [0.5, 0.6) is 5.75 Å². The normalized spacial score (nSPS) is 15.8. The molecule has 3 heteroatoms. The van der Waals surface area contributed by atoms with Crippen molar-refractivity contribution in [3.05, 3.63) is 107 Å². The number of halogens is 2. The first kappa shape index (κ1) is 25.9. The van der Waals surface area contributed by atoms with Gasteiger partial charge in [0.15, 0.2) is 11.6 Å². The Morgan fingerprint density at radius 2 is 1.50 bits per heavy atom. The van der Waals surface area contributed by atoms with Gasteiger partial charge in [-0.15, -0.1) is 0 Å². The minimum Gasteiger partial charge on any atom is -0.491 e. The molecule has 1 atom stereocenters. The van der Waals surface area contributed by atoms with Crippen molar-refractivity contribution in [2.75, 3.05) is 6.61 Å². The van der Waals surface area contributed by atoms with Crippen LogP contribution in [-0.2, 0) is 12.8 Å². The van der Waals surface area contributed by atoms with Gasteiger partial charge in [-0.25, -0.2) is 4.39 Å². The van der Waals surface area contributed by atoms with E-state index in [1.54, 1.807) is 13.0 Å². The van der Waals surface area contributed by atoms with Crippen LogP contribution in [0.1, 0.15) is 62.6 Å². The van der Waals surface area contributed by atoms with E-state index in [0.29, 0.717) is 18.1 Å². The summed E-state index contributed by atoms with van der Waals surface area (Å²) >= 11 is 0. The van der Waals surface area contributed by atoms with Gasteiger partial charge in [-0.3, -0.25) is 0 Å². The maximum atomic E-state index is 14.5. The lowest BCUT2D eigenvalue weighted by Gasteiger charge is -2.20. The molecule has 1 aliphatic carbocycles. The molecule has 0 bridgehead atoms. The Labute approximate surface area is 214 Å². The van der Waals surface area contributed by atoms with Crippen molar-refractivity contribution in [1.29, 1.82) is 0 Å². The minimum atomic E-state index is -0.893. The van der Waals surface area contributed by atoms with Crippen LogP contribution >= 0.6 is 0 Å². The van der Waals surface area contributed by atoms with Gasteiger partial charge in [-0.1, -0.05) is 80.1 Å². The second-order valence-corrected chi connectivity index (χ2v) is 9.55. The fourth-order valence-corrected chi connectivity index (χ4v) is 4.88. The third-order valence-corrected chi connectivity index (χ3v) is 6.93. The fourth-order valence-electron chi connectivity index (χ4n) is 4.88. The predicted molar refractivity (Wildman–Crippen MR) is 146 cm³/mol. The first-order valence-electron chi connectivity index (χ1n) is 13.2. The van der Waals surface area contributed by atoms with Crippen LogP contribution in [0.25, 0.3) is 16.7 Å². The summed E-state index contributed by atoms with van der Waals surface area (Å²) in [6, 6.07) is 20.9. The van der Waals surface area contributed by atoms with Gasteiger partial charge >= 0.3 is 0 Å². The van der Waals surface area contributed by atoms with Crippen molar-refractivity contribution in [3.8, 4) is 16.9 Å². The van der Waals surface area contributed by atoms with Gasteiger partial charge in [-0.2, -0.15) is 4.39 Å². The fraction of sp³-hybridized carbons (Fsp3) is 0.333. The van der Waals surface area contributed by atoms with Crippen LogP contribution in [0.15, 0.2) is 78.9 Å². The number of aryl methyl sites for hydroxylation is 2. The quantitative estimate of drug-likeness (QED) is 0.259. The van der Waals surface area contributed by atoms with Gasteiger partial charge in [0.1, 0.15) is 0 Å². The summed E-state index contributed by atoms with van der Waals surface area (Å²) in [4.78, 5) is 0. The van der Waals surface area contributed by atoms with E-state index in [-0.39, 0.29) is 5.75 Å². The van der Waals surface area contributed by atoms with E-state index in [9.17, 15) is 8.78 Å². The van der Waals surface area contributed by atoms with Crippen molar-refractivity contribution >= 4 is 5.57 Å². The molecule has 0 saturated heterocycles. The van der Waals surface area contributed by atoms with Crippen LogP contribution in [0.2, 0.25) is 0 Å². The van der Waals surface area contributed by atoms with E-state index in [1.165, 1.54) is 34.7 Å². The minimum absolute atomic E-state index is 0.0216. The molecule has 0 N–H and O–H groups in total. The van der Waals surface area contributed by atoms with E-state index in [0.717, 1.165) is 44.1 Å². The highest BCUT2D eigenvalue weighted by molar-refractivity contribution is 5.67. The third kappa shape index (κ3) is 6.51. The van der Waals surface area contributed by atoms with Gasteiger partial charge in [-0.05, 0) is 91.3 Å². The zero-order valence-corrected chi connectivity index (χ0v) is 21.4. The summed E-state index contributed by atoms with van der Waals surface area (Å²) in [5.41, 5.74) is 6.50. The molecule has 0 saturated carbocycles. The third-order valence-electron chi connectivity index (χ3n) is 6.93. The van der Waals surface area contributed by atoms with Crippen LogP contribution in [0, 0.1) is 17.6 Å². The lowest BCUT2D eigenvalue weighted by atomic mass is 9.86. The Morgan fingerprint density at radius 1 is 0.833 bits per heavy atom. The van der Waals surface area contributed by atoms with E-state index in [4.69, 9.17) is 4.74 Å². The van der Waals surface area contributed by atoms with Crippen LogP contribution in [-0.4, -0.2) is 6.61 Å². The highest BCUT2D eigenvalue weighted by Gasteiger charge is 2.20. The van der Waals surface area contributed by atoms with E-state index < -0.39 is 11.6 Å². The summed E-state index contributed by atoms with van der Waals surface area (Å²) in [5.74, 6) is -1.27. The summed E-state index contributed by atoms with van der Waals surface area (Å²) in [6.07, 6.45) is 13.5. The lowest BCUT2D eigenvalue weighted by molar-refractivity contribution is 0.314. The Bertz CT molecular complexity index is 1190. The van der Waals surface area contributed by atoms with E-state index in [2.05, 4.69) is 73.7 Å². The maximum absolute atomic E-state index is 14.5. The maximum Gasteiger partial charge on any atom is 0.201 e. The number of allylic oxidation sites excluding steroid dienone is 4. The molecule has 1 nitrogen and oxygen atoms in total. The predicted octanol–water partition coefficient (Wildman–Crippen LogP) is 9.36. The van der Waals surface area contributed by atoms with Gasteiger partial charge < -0.3 is 4.74 Å². The number of hydrogen-bond donors (Lipinski definition) is 0. The van der Waals surface area contributed by atoms with Gasteiger partial charge in [0.25, 0.3) is 0 Å². The molecule has 36 heavy (non-hydrogen) atoms. The SMILES string of the molecule is CCCc1ccc(-c2ccc(CC/C=C/C3CC=C(c4ccc(OCC)c(F)c4F)CC3)cc2)cc1. The molecule has 0 fully saturated rings. The Morgan fingerprint density at radius 3 is 2.08 bits per heavy atom. The van der Waals surface area contributed by atoms with Crippen molar-refractivity contribution in [2.45, 2.75) is 58.8 Å². The van der Waals surface area contributed by atoms with Gasteiger partial charge in [0.2, 0.25) is 5.82 Å². The molecule has 1 aliphatic rings. The monoisotopic (exact) mass is 486 g/mol. The number of ether oxygens (including phenoxy) is 1. The molecule has 188 valence electrons. The highest BCUT2D eigenvalue weighted by Crippen LogP contribution is 2.34. The van der Waals surface area contributed by atoms with Crippen LogP contribution in [0.4, 0.5) is 8.78 Å². The number of benzene rings is 3. The molecular formula is C33H36F2O. The van der Waals surface area contributed by atoms with Gasteiger partial charge in [0.05, 0.1) is 6.61 Å². The second kappa shape index (κ2) is 12.7. The zero-order valence-electron chi connectivity index (χ0n) is 21.4. The molecule has 4 rings (SSSR count). The molecule has 1 unspecified atom stereocenters. The van der Waals surface area contributed by atoms with E-state index >= 15 is 0 Å². The van der Waals surface area contributed by atoms with E-state index in [1.807, 2.05) is 0 Å². The van der Waals surface area contributed by atoms with Gasteiger partial charge in [0, 0.05) is 5.56 Å². The first-order valence-corrected chi connectivity index (χ1v) is 13.2. The van der Waals surface area contributed by atoms with Crippen LogP contribution in [0.3, 0.4) is 0 Å². The van der Waals surface area contributed by atoms with Crippen molar-refractivity contribution in [3.63, 3.8) is 0 Å². The second-order valence-electron chi connectivity index (χ2n) is 9.55. The largest absolute Gasteiger partial charge is 0.491 e. The summed E-state index contributed by atoms with van der Waals surface area (Å²) in [7, 11) is 0. The Kier molecular flexibility index (Phi) is 9.11. The molecule has 0 radical (unpaired) electrons. The van der Waals surface area contributed by atoms with Crippen molar-refractivity contribution in [1.82, 2.24) is 0 Å². The molecule has 3 aromatic carbocycles. The average molecular weight is 487 g/mol.